The lowest BCUT2D eigenvalue weighted by Gasteiger charge is -2.36. The summed E-state index contributed by atoms with van der Waals surface area (Å²) in [5, 5.41) is 0. The number of benzene rings is 1. The molecule has 108 valence electrons. The summed E-state index contributed by atoms with van der Waals surface area (Å²) < 4.78 is 13.4. The summed E-state index contributed by atoms with van der Waals surface area (Å²) in [6.07, 6.45) is 2.55. The second-order valence-corrected chi connectivity index (χ2v) is 5.81. The highest BCUT2D eigenvalue weighted by Crippen LogP contribution is 2.35. The van der Waals surface area contributed by atoms with Crippen LogP contribution in [0.15, 0.2) is 18.2 Å². The van der Waals surface area contributed by atoms with Crippen molar-refractivity contribution >= 4 is 17.3 Å². The number of anilines is 2. The fourth-order valence-electron chi connectivity index (χ4n) is 3.21. The third-order valence-electron chi connectivity index (χ3n) is 4.39. The van der Waals surface area contributed by atoms with Gasteiger partial charge in [-0.3, -0.25) is 4.79 Å². The van der Waals surface area contributed by atoms with Gasteiger partial charge in [-0.25, -0.2) is 4.39 Å². The van der Waals surface area contributed by atoms with Crippen molar-refractivity contribution < 1.29 is 9.18 Å². The van der Waals surface area contributed by atoms with Crippen molar-refractivity contribution in [3.05, 3.63) is 24.0 Å². The van der Waals surface area contributed by atoms with Crippen LogP contribution < -0.4 is 15.5 Å². The summed E-state index contributed by atoms with van der Waals surface area (Å²) in [5.74, 6) is -0.113. The van der Waals surface area contributed by atoms with Crippen LogP contribution in [0, 0.1) is 11.7 Å². The molecule has 1 fully saturated rings. The Labute approximate surface area is 118 Å². The number of hydrogen-bond donors (Lipinski definition) is 1. The van der Waals surface area contributed by atoms with E-state index in [9.17, 15) is 9.18 Å². The number of carbonyl (C=O) groups is 1. The molecule has 0 spiro atoms. The minimum absolute atomic E-state index is 0.0197. The first-order valence-corrected chi connectivity index (χ1v) is 7.14. The number of amides is 1. The largest absolute Gasteiger partial charge is 0.371 e. The molecule has 1 saturated carbocycles. The molecule has 5 heteroatoms. The van der Waals surface area contributed by atoms with Gasteiger partial charge in [0, 0.05) is 32.1 Å². The van der Waals surface area contributed by atoms with Crippen LogP contribution in [0.3, 0.4) is 0 Å². The summed E-state index contributed by atoms with van der Waals surface area (Å²) in [7, 11) is 1.92. The zero-order chi connectivity index (χ0) is 14.3. The molecule has 20 heavy (non-hydrogen) atoms. The Balaban J connectivity index is 1.89. The number of halogens is 1. The van der Waals surface area contributed by atoms with Gasteiger partial charge in [0.15, 0.2) is 0 Å². The molecule has 0 unspecified atom stereocenters. The van der Waals surface area contributed by atoms with Crippen LogP contribution in [0.25, 0.3) is 0 Å². The van der Waals surface area contributed by atoms with Crippen LogP contribution in [-0.4, -0.2) is 32.1 Å². The van der Waals surface area contributed by atoms with Crippen molar-refractivity contribution in [2.45, 2.75) is 25.3 Å². The number of nitrogens with zero attached hydrogens (tertiary/aromatic N) is 2. The summed E-state index contributed by atoms with van der Waals surface area (Å²) in [5.41, 5.74) is 7.50. The fourth-order valence-corrected chi connectivity index (χ4v) is 3.21. The highest BCUT2D eigenvalue weighted by molar-refractivity contribution is 5.99. The van der Waals surface area contributed by atoms with Crippen LogP contribution in [-0.2, 0) is 4.79 Å². The first-order chi connectivity index (χ1) is 9.56. The average Bonchev–Trinajstić information content (AvgIpc) is 2.86. The highest BCUT2D eigenvalue weighted by atomic mass is 19.1. The molecule has 0 bridgehead atoms. The monoisotopic (exact) mass is 277 g/mol. The third-order valence-corrected chi connectivity index (χ3v) is 4.39. The predicted octanol–water partition coefficient (Wildman–Crippen LogP) is 1.74. The molecule has 4 nitrogen and oxygen atoms in total. The van der Waals surface area contributed by atoms with Crippen molar-refractivity contribution in [1.82, 2.24) is 0 Å². The zero-order valence-corrected chi connectivity index (χ0v) is 11.7. The van der Waals surface area contributed by atoms with Crippen molar-refractivity contribution in [3.63, 3.8) is 0 Å². The molecule has 2 atom stereocenters. The van der Waals surface area contributed by atoms with E-state index in [1.165, 1.54) is 12.1 Å². The lowest BCUT2D eigenvalue weighted by Crippen LogP contribution is -2.45. The summed E-state index contributed by atoms with van der Waals surface area (Å²) in [4.78, 5) is 16.5. The van der Waals surface area contributed by atoms with Gasteiger partial charge in [-0.15, -0.1) is 0 Å². The summed E-state index contributed by atoms with van der Waals surface area (Å²) >= 11 is 0. The van der Waals surface area contributed by atoms with Crippen molar-refractivity contribution in [2.24, 2.45) is 11.7 Å². The molecule has 3 rings (SSSR count). The van der Waals surface area contributed by atoms with E-state index in [1.807, 2.05) is 11.9 Å². The third kappa shape index (κ3) is 2.26. The van der Waals surface area contributed by atoms with E-state index in [0.717, 1.165) is 37.2 Å². The first-order valence-electron chi connectivity index (χ1n) is 7.14. The van der Waals surface area contributed by atoms with Gasteiger partial charge in [0.25, 0.3) is 0 Å². The van der Waals surface area contributed by atoms with Gasteiger partial charge in [0.2, 0.25) is 5.91 Å². The van der Waals surface area contributed by atoms with Crippen molar-refractivity contribution in [2.75, 3.05) is 29.9 Å². The van der Waals surface area contributed by atoms with E-state index in [2.05, 4.69) is 0 Å². The van der Waals surface area contributed by atoms with Gasteiger partial charge in [0.1, 0.15) is 5.82 Å². The van der Waals surface area contributed by atoms with Gasteiger partial charge in [-0.1, -0.05) is 0 Å². The topological polar surface area (TPSA) is 49.6 Å². The highest BCUT2D eigenvalue weighted by Gasteiger charge is 2.34. The first kappa shape index (κ1) is 13.4. The molecule has 0 radical (unpaired) electrons. The molecule has 2 aliphatic rings. The lowest BCUT2D eigenvalue weighted by molar-refractivity contribution is -0.122. The van der Waals surface area contributed by atoms with Gasteiger partial charge >= 0.3 is 0 Å². The van der Waals surface area contributed by atoms with Gasteiger partial charge < -0.3 is 15.5 Å². The maximum Gasteiger partial charge on any atom is 0.230 e. The van der Waals surface area contributed by atoms with Crippen molar-refractivity contribution in [3.8, 4) is 0 Å². The predicted molar refractivity (Wildman–Crippen MR) is 77.3 cm³/mol. The van der Waals surface area contributed by atoms with Crippen LogP contribution >= 0.6 is 0 Å². The van der Waals surface area contributed by atoms with Gasteiger partial charge in [-0.2, -0.15) is 0 Å². The molecule has 1 aliphatic carbocycles. The number of nitrogens with two attached hydrogens (primary N) is 1. The maximum absolute atomic E-state index is 13.4. The second-order valence-electron chi connectivity index (χ2n) is 5.81. The van der Waals surface area contributed by atoms with Crippen LogP contribution in [0.1, 0.15) is 19.3 Å². The standard InChI is InChI=1S/C15H20FN3O/c1-18-6-7-19(13-5-3-11(16)9-14(13)18)15(20)10-2-4-12(17)8-10/h3,5,9-10,12H,2,4,6-8,17H2,1H3/t10-,12+/m1/s1. The fraction of sp³-hybridized carbons (Fsp3) is 0.533. The molecule has 1 aliphatic heterocycles. The average molecular weight is 277 g/mol. The Bertz CT molecular complexity index is 534. The Morgan fingerprint density at radius 2 is 2.10 bits per heavy atom. The SMILES string of the molecule is CN1CCN(C(=O)[C@@H]2CC[C@H](N)C2)c2ccc(F)cc21. The quantitative estimate of drug-likeness (QED) is 0.850. The van der Waals surface area contributed by atoms with Crippen LogP contribution in [0.5, 0.6) is 0 Å². The molecule has 0 saturated heterocycles. The number of fused-ring (bicyclic) bond motifs is 1. The lowest BCUT2D eigenvalue weighted by atomic mass is 10.0. The molecule has 1 aromatic rings. The van der Waals surface area contributed by atoms with E-state index in [-0.39, 0.29) is 23.7 Å². The Morgan fingerprint density at radius 1 is 1.30 bits per heavy atom. The molecular formula is C15H20FN3O. The van der Waals surface area contributed by atoms with E-state index in [1.54, 1.807) is 11.0 Å². The maximum atomic E-state index is 13.4. The zero-order valence-electron chi connectivity index (χ0n) is 11.7. The molecular weight excluding hydrogens is 257 g/mol. The van der Waals surface area contributed by atoms with E-state index >= 15 is 0 Å². The van der Waals surface area contributed by atoms with E-state index in [0.29, 0.717) is 6.54 Å². The molecule has 0 aromatic heterocycles. The Morgan fingerprint density at radius 3 is 2.80 bits per heavy atom. The minimum Gasteiger partial charge on any atom is -0.371 e. The van der Waals surface area contributed by atoms with Gasteiger partial charge in [-0.05, 0) is 37.5 Å². The molecule has 2 N–H and O–H groups in total. The second kappa shape index (κ2) is 5.05. The minimum atomic E-state index is -0.271. The molecule has 1 heterocycles. The van der Waals surface area contributed by atoms with Crippen LogP contribution in [0.2, 0.25) is 0 Å². The summed E-state index contributed by atoms with van der Waals surface area (Å²) in [6.45, 7) is 1.38. The van der Waals surface area contributed by atoms with Crippen molar-refractivity contribution in [1.29, 1.82) is 0 Å². The Kier molecular flexibility index (Phi) is 3.38. The smallest absolute Gasteiger partial charge is 0.230 e. The number of likely N-dealkylation sites (N-methyl/N-ethyl adjacent to an activating group) is 1. The summed E-state index contributed by atoms with van der Waals surface area (Å²) in [6, 6.07) is 4.75. The number of carbonyl (C=O) groups excluding carboxylic acids is 1. The normalized spacial score (nSPS) is 25.8. The van der Waals surface area contributed by atoms with Gasteiger partial charge in [0.05, 0.1) is 11.4 Å². The number of rotatable bonds is 1. The van der Waals surface area contributed by atoms with E-state index in [4.69, 9.17) is 5.73 Å². The molecule has 1 aromatic carbocycles. The van der Waals surface area contributed by atoms with E-state index < -0.39 is 0 Å². The molecule has 1 amide bonds. The Hall–Kier alpha value is -1.62. The van der Waals surface area contributed by atoms with Crippen LogP contribution in [0.4, 0.5) is 15.8 Å². The number of hydrogen-bond acceptors (Lipinski definition) is 3.